The Kier molecular flexibility index (Phi) is 3.33. The van der Waals surface area contributed by atoms with Gasteiger partial charge in [0.1, 0.15) is 6.29 Å². The number of hydrogen-bond acceptors (Lipinski definition) is 2. The number of carbonyl (C=O) groups excluding carboxylic acids is 1. The molecule has 1 N–H and O–H groups in total. The lowest BCUT2D eigenvalue weighted by Crippen LogP contribution is -2.14. The third kappa shape index (κ3) is 2.74. The van der Waals surface area contributed by atoms with Crippen LogP contribution in [0.15, 0.2) is 30.3 Å². The maximum Gasteiger partial charge on any atom is 0.122 e. The van der Waals surface area contributed by atoms with Gasteiger partial charge in [0.25, 0.3) is 0 Å². The molecule has 0 bridgehead atoms. The summed E-state index contributed by atoms with van der Waals surface area (Å²) in [5.74, 6) is 0. The number of hydrogen-bond donors (Lipinski definition) is 1. The molecule has 12 heavy (non-hydrogen) atoms. The molecule has 0 saturated heterocycles. The third-order valence-electron chi connectivity index (χ3n) is 1.64. The number of anilines is 1. The Morgan fingerprint density at radius 2 is 2.08 bits per heavy atom. The predicted molar refractivity (Wildman–Crippen MR) is 50.2 cm³/mol. The Balaban J connectivity index is 2.46. The summed E-state index contributed by atoms with van der Waals surface area (Å²) in [6.07, 6.45) is 1.48. The maximum absolute atomic E-state index is 10.2. The summed E-state index contributed by atoms with van der Waals surface area (Å²) in [6, 6.07) is 10.1. The van der Waals surface area contributed by atoms with E-state index in [-0.39, 0.29) is 6.04 Å². The first-order valence-corrected chi connectivity index (χ1v) is 4.08. The van der Waals surface area contributed by atoms with Crippen molar-refractivity contribution in [2.75, 3.05) is 5.32 Å². The van der Waals surface area contributed by atoms with E-state index >= 15 is 0 Å². The van der Waals surface area contributed by atoms with Gasteiger partial charge in [0.05, 0.1) is 0 Å². The van der Waals surface area contributed by atoms with Crippen LogP contribution in [0.1, 0.15) is 13.3 Å². The number of aldehydes is 1. The lowest BCUT2D eigenvalue weighted by Gasteiger charge is -2.11. The van der Waals surface area contributed by atoms with E-state index in [0.717, 1.165) is 12.0 Å². The van der Waals surface area contributed by atoms with E-state index in [4.69, 9.17) is 0 Å². The molecule has 0 heterocycles. The summed E-state index contributed by atoms with van der Waals surface area (Å²) < 4.78 is 0. The quantitative estimate of drug-likeness (QED) is 0.688. The van der Waals surface area contributed by atoms with Crippen LogP contribution in [0.4, 0.5) is 5.69 Å². The van der Waals surface area contributed by atoms with Crippen LogP contribution in [-0.2, 0) is 4.79 Å². The van der Waals surface area contributed by atoms with Crippen LogP contribution in [0.2, 0.25) is 0 Å². The number of carbonyl (C=O) groups is 1. The highest BCUT2D eigenvalue weighted by molar-refractivity contribution is 5.53. The van der Waals surface area contributed by atoms with Crippen LogP contribution >= 0.6 is 0 Å². The molecule has 0 spiro atoms. The molecule has 0 saturated carbocycles. The molecular weight excluding hydrogens is 150 g/mol. The van der Waals surface area contributed by atoms with Crippen LogP contribution < -0.4 is 5.32 Å². The fourth-order valence-corrected chi connectivity index (χ4v) is 1.02. The molecule has 2 heteroatoms. The second-order valence-corrected chi connectivity index (χ2v) is 2.81. The summed E-state index contributed by atoms with van der Waals surface area (Å²) in [7, 11) is 0. The van der Waals surface area contributed by atoms with Crippen LogP contribution in [0.5, 0.6) is 0 Å². The summed E-state index contributed by atoms with van der Waals surface area (Å²) in [6.45, 7) is 1.99. The largest absolute Gasteiger partial charge is 0.382 e. The molecule has 1 atom stereocenters. The number of rotatable bonds is 4. The molecule has 1 aromatic carbocycles. The maximum atomic E-state index is 10.2. The van der Waals surface area contributed by atoms with E-state index < -0.39 is 0 Å². The summed E-state index contributed by atoms with van der Waals surface area (Å²) in [5, 5.41) is 3.21. The highest BCUT2D eigenvalue weighted by Gasteiger charge is 1.98. The Bertz CT molecular complexity index is 233. The van der Waals surface area contributed by atoms with Gasteiger partial charge in [-0.15, -0.1) is 0 Å². The molecule has 0 aromatic heterocycles. The van der Waals surface area contributed by atoms with E-state index in [0.29, 0.717) is 6.42 Å². The van der Waals surface area contributed by atoms with Gasteiger partial charge < -0.3 is 10.1 Å². The van der Waals surface area contributed by atoms with Gasteiger partial charge in [0.15, 0.2) is 0 Å². The van der Waals surface area contributed by atoms with Crippen LogP contribution in [0.3, 0.4) is 0 Å². The fourth-order valence-electron chi connectivity index (χ4n) is 1.02. The molecule has 0 unspecified atom stereocenters. The second-order valence-electron chi connectivity index (χ2n) is 2.81. The minimum Gasteiger partial charge on any atom is -0.382 e. The van der Waals surface area contributed by atoms with Crippen molar-refractivity contribution in [2.45, 2.75) is 19.4 Å². The van der Waals surface area contributed by atoms with Gasteiger partial charge in [-0.2, -0.15) is 0 Å². The van der Waals surface area contributed by atoms with Gasteiger partial charge in [-0.1, -0.05) is 18.2 Å². The average Bonchev–Trinajstić information content (AvgIpc) is 2.06. The number of benzene rings is 1. The predicted octanol–water partition coefficient (Wildman–Crippen LogP) is 2.08. The van der Waals surface area contributed by atoms with Crippen molar-refractivity contribution in [3.8, 4) is 0 Å². The Hall–Kier alpha value is -1.31. The fraction of sp³-hybridized carbons (Fsp3) is 0.300. The SMILES string of the molecule is C[C@@H](CC=O)Nc1ccccc1. The molecule has 2 nitrogen and oxygen atoms in total. The summed E-state index contributed by atoms with van der Waals surface area (Å²) in [4.78, 5) is 10.2. The molecule has 0 fully saturated rings. The van der Waals surface area contributed by atoms with E-state index in [1.165, 1.54) is 0 Å². The highest BCUT2D eigenvalue weighted by atomic mass is 16.1. The van der Waals surface area contributed by atoms with Crippen molar-refractivity contribution in [3.05, 3.63) is 30.3 Å². The van der Waals surface area contributed by atoms with Crippen molar-refractivity contribution in [2.24, 2.45) is 0 Å². The van der Waals surface area contributed by atoms with Gasteiger partial charge in [0, 0.05) is 18.2 Å². The molecule has 0 amide bonds. The lowest BCUT2D eigenvalue weighted by molar-refractivity contribution is -0.107. The second kappa shape index (κ2) is 4.54. The van der Waals surface area contributed by atoms with E-state index in [1.54, 1.807) is 0 Å². The van der Waals surface area contributed by atoms with E-state index in [1.807, 2.05) is 37.3 Å². The van der Waals surface area contributed by atoms with Gasteiger partial charge in [-0.05, 0) is 19.1 Å². The van der Waals surface area contributed by atoms with Crippen LogP contribution in [0.25, 0.3) is 0 Å². The summed E-state index contributed by atoms with van der Waals surface area (Å²) >= 11 is 0. The molecule has 1 aromatic rings. The van der Waals surface area contributed by atoms with E-state index in [9.17, 15) is 4.79 Å². The van der Waals surface area contributed by atoms with Crippen molar-refractivity contribution < 1.29 is 4.79 Å². The minimum absolute atomic E-state index is 0.213. The zero-order chi connectivity index (χ0) is 8.81. The number of nitrogens with one attached hydrogen (secondary N) is 1. The lowest BCUT2D eigenvalue weighted by atomic mass is 10.2. The number of para-hydroxylation sites is 1. The standard InChI is InChI=1S/C10H13NO/c1-9(7-8-12)11-10-5-3-2-4-6-10/h2-6,8-9,11H,7H2,1H3/t9-/m0/s1. The molecule has 0 radical (unpaired) electrons. The minimum atomic E-state index is 0.213. The molecule has 0 aliphatic carbocycles. The van der Waals surface area contributed by atoms with Crippen molar-refractivity contribution >= 4 is 12.0 Å². The summed E-state index contributed by atoms with van der Waals surface area (Å²) in [5.41, 5.74) is 1.06. The third-order valence-corrected chi connectivity index (χ3v) is 1.64. The Morgan fingerprint density at radius 3 is 2.67 bits per heavy atom. The van der Waals surface area contributed by atoms with Gasteiger partial charge in [-0.25, -0.2) is 0 Å². The van der Waals surface area contributed by atoms with Crippen molar-refractivity contribution in [1.29, 1.82) is 0 Å². The van der Waals surface area contributed by atoms with Gasteiger partial charge in [0.2, 0.25) is 0 Å². The molecule has 64 valence electrons. The van der Waals surface area contributed by atoms with E-state index in [2.05, 4.69) is 5.32 Å². The van der Waals surface area contributed by atoms with Crippen molar-refractivity contribution in [3.63, 3.8) is 0 Å². The topological polar surface area (TPSA) is 29.1 Å². The zero-order valence-electron chi connectivity index (χ0n) is 7.16. The highest BCUT2D eigenvalue weighted by Crippen LogP contribution is 2.07. The first kappa shape index (κ1) is 8.78. The average molecular weight is 163 g/mol. The zero-order valence-corrected chi connectivity index (χ0v) is 7.16. The first-order valence-electron chi connectivity index (χ1n) is 4.08. The van der Waals surface area contributed by atoms with Crippen LogP contribution in [0, 0.1) is 0 Å². The normalized spacial score (nSPS) is 12.1. The Morgan fingerprint density at radius 1 is 1.42 bits per heavy atom. The molecular formula is C10H13NO. The van der Waals surface area contributed by atoms with Gasteiger partial charge in [-0.3, -0.25) is 0 Å². The first-order chi connectivity index (χ1) is 5.83. The molecule has 0 aliphatic heterocycles. The van der Waals surface area contributed by atoms with Gasteiger partial charge >= 0.3 is 0 Å². The molecule has 1 rings (SSSR count). The monoisotopic (exact) mass is 163 g/mol. The van der Waals surface area contributed by atoms with Crippen LogP contribution in [-0.4, -0.2) is 12.3 Å². The molecule has 0 aliphatic rings. The van der Waals surface area contributed by atoms with Crippen molar-refractivity contribution in [1.82, 2.24) is 0 Å². The Labute approximate surface area is 72.6 Å². The smallest absolute Gasteiger partial charge is 0.122 e.